The summed E-state index contributed by atoms with van der Waals surface area (Å²) in [6.45, 7) is 9.44. The van der Waals surface area contributed by atoms with E-state index in [0.717, 1.165) is 18.5 Å². The number of likely N-dealkylation sites (tertiary alicyclic amines) is 3. The first-order chi connectivity index (χ1) is 32.0. The molecule has 7 amide bonds. The fraction of sp³-hybridized carbons (Fsp3) is 0.512. The van der Waals surface area contributed by atoms with Gasteiger partial charge >= 0.3 is 39.6 Å². The molecule has 3 aliphatic rings. The Morgan fingerprint density at radius 3 is 1.39 bits per heavy atom. The molecule has 0 bridgehead atoms. The van der Waals surface area contributed by atoms with Crippen LogP contribution in [0.2, 0.25) is 15.5 Å². The Kier molecular flexibility index (Phi) is 21.8. The van der Waals surface area contributed by atoms with E-state index in [-0.39, 0.29) is 40.8 Å². The number of piperidine rings is 3. The summed E-state index contributed by atoms with van der Waals surface area (Å²) >= 11 is 18.1. The molecule has 0 aliphatic carbocycles. The molecule has 21 nitrogen and oxygen atoms in total. The number of amides is 7. The zero-order chi connectivity index (χ0) is 49.1. The maximum absolute atomic E-state index is 12.5. The molecule has 3 aromatic heterocycles. The zero-order valence-corrected chi connectivity index (χ0v) is 41.0. The van der Waals surface area contributed by atoms with Gasteiger partial charge in [-0.1, -0.05) is 34.8 Å². The number of nitrogens with zero attached hydrogens (tertiary/aromatic N) is 8. The summed E-state index contributed by atoms with van der Waals surface area (Å²) in [5, 5.41) is 4.12. The Hall–Kier alpha value is -5.29. The minimum absolute atomic E-state index is 0.0439. The third kappa shape index (κ3) is 16.8. The van der Waals surface area contributed by atoms with Gasteiger partial charge in [-0.2, -0.15) is 8.42 Å². The van der Waals surface area contributed by atoms with Crippen molar-refractivity contribution in [3.05, 3.63) is 70.4 Å². The van der Waals surface area contributed by atoms with Crippen molar-refractivity contribution in [2.45, 2.75) is 77.4 Å². The Morgan fingerprint density at radius 1 is 0.642 bits per heavy atom. The molecule has 3 saturated heterocycles. The minimum atomic E-state index is -4.28. The van der Waals surface area contributed by atoms with E-state index < -0.39 is 33.4 Å². The summed E-state index contributed by atoms with van der Waals surface area (Å²) in [6, 6.07) is 8.56. The molecule has 0 atom stereocenters. The van der Waals surface area contributed by atoms with Gasteiger partial charge in [0.25, 0.3) is 0 Å². The van der Waals surface area contributed by atoms with E-state index in [1.165, 1.54) is 20.9 Å². The normalized spacial score (nSPS) is 15.7. The number of rotatable bonds is 10. The average molecular weight is 1040 g/mol. The van der Waals surface area contributed by atoms with E-state index in [0.29, 0.717) is 95.0 Å². The van der Waals surface area contributed by atoms with Crippen molar-refractivity contribution in [1.82, 2.24) is 34.4 Å². The first-order valence-corrected chi connectivity index (χ1v) is 24.9. The van der Waals surface area contributed by atoms with Crippen molar-refractivity contribution in [2.75, 3.05) is 74.2 Å². The molecule has 6 heterocycles. The molecule has 0 saturated carbocycles. The first-order valence-electron chi connectivity index (χ1n) is 21.4. The lowest BCUT2D eigenvalue weighted by Gasteiger charge is -2.37. The Labute approximate surface area is 409 Å². The van der Waals surface area contributed by atoms with Gasteiger partial charge in [0.1, 0.15) is 0 Å². The van der Waals surface area contributed by atoms with Crippen LogP contribution in [-0.2, 0) is 23.4 Å². The summed E-state index contributed by atoms with van der Waals surface area (Å²) in [7, 11) is 0.857. The third-order valence-corrected chi connectivity index (χ3v) is 12.0. The highest BCUT2D eigenvalue weighted by Gasteiger charge is 2.34. The molecule has 67 heavy (non-hydrogen) atoms. The van der Waals surface area contributed by atoms with Crippen LogP contribution < -0.4 is 25.6 Å². The Morgan fingerprint density at radius 2 is 1.01 bits per heavy atom. The largest absolute Gasteiger partial charge is 0.450 e. The second-order valence-corrected chi connectivity index (χ2v) is 18.2. The van der Waals surface area contributed by atoms with E-state index in [9.17, 15) is 32.4 Å². The number of carbonyl (C=O) groups is 5. The van der Waals surface area contributed by atoms with Crippen LogP contribution in [0.25, 0.3) is 0 Å². The zero-order valence-electron chi connectivity index (χ0n) is 37.2. The lowest BCUT2D eigenvalue weighted by molar-refractivity contribution is 0.0963. The van der Waals surface area contributed by atoms with Crippen molar-refractivity contribution in [1.29, 1.82) is 0 Å². The van der Waals surface area contributed by atoms with Crippen LogP contribution in [0.1, 0.15) is 59.3 Å². The van der Waals surface area contributed by atoms with Crippen molar-refractivity contribution in [2.24, 2.45) is 5.73 Å². The molecular formula is C41H55Cl4N11O10S. The highest BCUT2D eigenvalue weighted by Crippen LogP contribution is 2.31. The standard InChI is InChI=1S/C14H18Cl2N4O5S.C14H19ClN4O3.C13H18ClN3O2/c1-2-25-14(22)19-8-5-10(6-9-19)20(13(21)18-26(16,23)24)11-4-3-7-17-12(11)15;1-2-22-14(21)18-8-5-10(6-9-18)19(13(16)20)11-4-3-7-17-12(11)15;1-2-19-13(18)17-8-5-10(6-9-17)16-11-4-3-7-15-12(11)14/h3-4,7,10H,2,5-6,8-9H2,1H3,(H,18,21);3-4,7,10H,2,5-6,8-9H2,1H3,(H2,16,20);3-4,7,10,16H,2,5-6,8-9H2,1H3. The van der Waals surface area contributed by atoms with Gasteiger partial charge in [-0.25, -0.2) is 43.6 Å². The summed E-state index contributed by atoms with van der Waals surface area (Å²) in [5.41, 5.74) is 7.10. The number of hydrogen-bond acceptors (Lipinski definition) is 14. The summed E-state index contributed by atoms with van der Waals surface area (Å²) < 4.78 is 39.2. The van der Waals surface area contributed by atoms with Crippen LogP contribution in [0.3, 0.4) is 0 Å². The quantitative estimate of drug-likeness (QED) is 0.102. The first kappa shape index (κ1) is 54.3. The third-order valence-electron chi connectivity index (χ3n) is 10.5. The Bertz CT molecular complexity index is 2230. The predicted octanol–water partition coefficient (Wildman–Crippen LogP) is 7.36. The van der Waals surface area contributed by atoms with Gasteiger partial charge in [0, 0.05) is 86.7 Å². The molecule has 3 fully saturated rings. The van der Waals surface area contributed by atoms with E-state index in [1.807, 2.05) is 19.1 Å². The molecule has 3 aliphatic heterocycles. The lowest BCUT2D eigenvalue weighted by atomic mass is 10.0. The van der Waals surface area contributed by atoms with Crippen molar-refractivity contribution in [3.63, 3.8) is 0 Å². The number of ether oxygens (including phenoxy) is 3. The second-order valence-electron chi connectivity index (χ2n) is 14.8. The van der Waals surface area contributed by atoms with Crippen molar-refractivity contribution >= 4 is 102 Å². The van der Waals surface area contributed by atoms with Crippen LogP contribution in [-0.4, -0.2) is 146 Å². The minimum Gasteiger partial charge on any atom is -0.450 e. The molecule has 6 rings (SSSR count). The van der Waals surface area contributed by atoms with E-state index >= 15 is 0 Å². The second kappa shape index (κ2) is 26.9. The SMILES string of the molecule is CCOC(=O)N1CCC(N(C(=O)NS(=O)(=O)Cl)c2cccnc2Cl)CC1.CCOC(=O)N1CCC(N(C(N)=O)c2cccnc2Cl)CC1.CCOC(=O)N1CCC(Nc2cccnc2Cl)CC1. The fourth-order valence-electron chi connectivity index (χ4n) is 7.41. The summed E-state index contributed by atoms with van der Waals surface area (Å²) in [6.07, 6.45) is 7.46. The number of aromatic nitrogens is 3. The van der Waals surface area contributed by atoms with E-state index in [4.69, 9.17) is 65.4 Å². The van der Waals surface area contributed by atoms with Crippen LogP contribution in [0.15, 0.2) is 55.0 Å². The number of halogens is 4. The van der Waals surface area contributed by atoms with E-state index in [1.54, 1.807) is 65.0 Å². The van der Waals surface area contributed by atoms with Crippen LogP contribution >= 0.6 is 45.5 Å². The number of pyridine rings is 3. The highest BCUT2D eigenvalue weighted by atomic mass is 35.7. The van der Waals surface area contributed by atoms with Crippen LogP contribution in [0.4, 0.5) is 41.0 Å². The number of primary amides is 1. The predicted molar refractivity (Wildman–Crippen MR) is 254 cm³/mol. The van der Waals surface area contributed by atoms with Crippen LogP contribution in [0.5, 0.6) is 0 Å². The summed E-state index contributed by atoms with van der Waals surface area (Å²) in [5.74, 6) is 0. The van der Waals surface area contributed by atoms with Crippen LogP contribution in [0, 0.1) is 0 Å². The molecule has 26 heteroatoms. The maximum Gasteiger partial charge on any atom is 0.409 e. The number of nitrogens with two attached hydrogens (primary N) is 1. The van der Waals surface area contributed by atoms with Gasteiger partial charge in [0.15, 0.2) is 15.5 Å². The van der Waals surface area contributed by atoms with Crippen molar-refractivity contribution < 1.29 is 46.6 Å². The molecular weight excluding hydrogens is 980 g/mol. The number of nitrogens with one attached hydrogen (secondary N) is 2. The fourth-order valence-corrected chi connectivity index (χ4v) is 8.51. The van der Waals surface area contributed by atoms with Gasteiger partial charge < -0.3 is 40.0 Å². The monoisotopic (exact) mass is 1030 g/mol. The Balaban J connectivity index is 0.000000222. The van der Waals surface area contributed by atoms with E-state index in [2.05, 4.69) is 20.3 Å². The molecule has 0 radical (unpaired) electrons. The molecule has 0 unspecified atom stereocenters. The van der Waals surface area contributed by atoms with Crippen molar-refractivity contribution in [3.8, 4) is 0 Å². The highest BCUT2D eigenvalue weighted by molar-refractivity contribution is 8.12. The van der Waals surface area contributed by atoms with Gasteiger partial charge in [-0.3, -0.25) is 9.80 Å². The van der Waals surface area contributed by atoms with Gasteiger partial charge in [-0.05, 0) is 95.7 Å². The molecule has 4 N–H and O–H groups in total. The molecule has 368 valence electrons. The smallest absolute Gasteiger partial charge is 0.409 e. The molecule has 0 spiro atoms. The van der Waals surface area contributed by atoms with Gasteiger partial charge in [0.2, 0.25) is 0 Å². The number of hydrogen-bond donors (Lipinski definition) is 3. The molecule has 3 aromatic rings. The molecule has 0 aromatic carbocycles. The number of anilines is 3. The lowest BCUT2D eigenvalue weighted by Crippen LogP contribution is -2.52. The summed E-state index contributed by atoms with van der Waals surface area (Å²) in [4.78, 5) is 78.9. The maximum atomic E-state index is 12.5. The number of carbonyl (C=O) groups excluding carboxylic acids is 5. The van der Waals surface area contributed by atoms with Gasteiger partial charge in [0.05, 0.1) is 36.9 Å². The van der Waals surface area contributed by atoms with Gasteiger partial charge in [-0.15, -0.1) is 0 Å². The topological polar surface area (TPSA) is 252 Å². The average Bonchev–Trinajstić information content (AvgIpc) is 3.29. The number of urea groups is 2.